The van der Waals surface area contributed by atoms with Crippen molar-refractivity contribution in [2.24, 2.45) is 0 Å². The lowest BCUT2D eigenvalue weighted by Crippen LogP contribution is -2.01. The number of carbonyl (C=O) groups excluding carboxylic acids is 1. The highest BCUT2D eigenvalue weighted by atomic mass is 16.6. The fourth-order valence-corrected chi connectivity index (χ4v) is 1.84. The minimum atomic E-state index is -0.535. The van der Waals surface area contributed by atoms with E-state index < -0.39 is 10.9 Å². The predicted octanol–water partition coefficient (Wildman–Crippen LogP) is 2.89. The number of nitro benzene ring substituents is 1. The van der Waals surface area contributed by atoms with Crippen molar-refractivity contribution in [1.29, 1.82) is 0 Å². The molecule has 1 aromatic heterocycles. The molecule has 2 rings (SSSR count). The van der Waals surface area contributed by atoms with Crippen LogP contribution in [0.4, 0.5) is 11.4 Å². The zero-order valence-electron chi connectivity index (χ0n) is 11.6. The second-order valence-corrected chi connectivity index (χ2v) is 4.37. The van der Waals surface area contributed by atoms with Crippen LogP contribution in [0.2, 0.25) is 0 Å². The van der Waals surface area contributed by atoms with E-state index in [1.807, 2.05) is 0 Å². The Kier molecular flexibility index (Phi) is 4.22. The van der Waals surface area contributed by atoms with E-state index in [9.17, 15) is 14.9 Å². The quantitative estimate of drug-likeness (QED) is 0.517. The molecule has 1 aromatic carbocycles. The van der Waals surface area contributed by atoms with Crippen LogP contribution in [-0.2, 0) is 11.3 Å². The summed E-state index contributed by atoms with van der Waals surface area (Å²) < 4.78 is 9.85. The van der Waals surface area contributed by atoms with Crippen LogP contribution in [0, 0.1) is 17.0 Å². The topological polar surface area (TPSA) is 94.6 Å². The zero-order chi connectivity index (χ0) is 15.4. The maximum absolute atomic E-state index is 11.2. The molecule has 110 valence electrons. The summed E-state index contributed by atoms with van der Waals surface area (Å²) in [6.07, 6.45) is 0. The number of nitrogens with zero attached hydrogens (tertiary/aromatic N) is 1. The zero-order valence-corrected chi connectivity index (χ0v) is 11.6. The van der Waals surface area contributed by atoms with Gasteiger partial charge in [-0.15, -0.1) is 0 Å². The Bertz CT molecular complexity index is 678. The number of carbonyl (C=O) groups is 1. The third-order valence-electron chi connectivity index (χ3n) is 2.91. The summed E-state index contributed by atoms with van der Waals surface area (Å²) in [4.78, 5) is 21.6. The summed E-state index contributed by atoms with van der Waals surface area (Å²) in [5.41, 5.74) is 1.38. The van der Waals surface area contributed by atoms with Crippen molar-refractivity contribution in [2.45, 2.75) is 13.5 Å². The van der Waals surface area contributed by atoms with Gasteiger partial charge >= 0.3 is 5.97 Å². The summed E-state index contributed by atoms with van der Waals surface area (Å²) in [5, 5.41) is 13.8. The monoisotopic (exact) mass is 290 g/mol. The molecule has 2 aromatic rings. The van der Waals surface area contributed by atoms with Crippen molar-refractivity contribution >= 4 is 17.3 Å². The number of methoxy groups -OCH3 is 1. The summed E-state index contributed by atoms with van der Waals surface area (Å²) in [7, 11) is 1.28. The second-order valence-electron chi connectivity index (χ2n) is 4.37. The standard InChI is InChI=1S/C14H14N2O5/c1-9-7-10(3-5-12(9)16(18)19)15-8-11-4-6-13(21-11)14(17)20-2/h3-7,15H,8H2,1-2H3. The molecule has 7 nitrogen and oxygen atoms in total. The lowest BCUT2D eigenvalue weighted by Gasteiger charge is -2.05. The van der Waals surface area contributed by atoms with Crippen molar-refractivity contribution in [2.75, 3.05) is 12.4 Å². The van der Waals surface area contributed by atoms with E-state index in [0.717, 1.165) is 5.69 Å². The molecule has 0 fully saturated rings. The van der Waals surface area contributed by atoms with E-state index in [1.54, 1.807) is 25.1 Å². The molecule has 0 aliphatic heterocycles. The highest BCUT2D eigenvalue weighted by Gasteiger charge is 2.12. The molecule has 0 radical (unpaired) electrons. The SMILES string of the molecule is COC(=O)c1ccc(CNc2ccc([N+](=O)[O-])c(C)c2)o1. The third kappa shape index (κ3) is 3.38. The van der Waals surface area contributed by atoms with Crippen LogP contribution in [-0.4, -0.2) is 18.0 Å². The van der Waals surface area contributed by atoms with Gasteiger partial charge in [0.2, 0.25) is 5.76 Å². The summed E-state index contributed by atoms with van der Waals surface area (Å²) in [6.45, 7) is 2.03. The lowest BCUT2D eigenvalue weighted by atomic mass is 10.2. The third-order valence-corrected chi connectivity index (χ3v) is 2.91. The molecule has 0 aliphatic carbocycles. The number of anilines is 1. The normalized spacial score (nSPS) is 10.2. The van der Waals surface area contributed by atoms with Gasteiger partial charge in [0.25, 0.3) is 5.69 Å². The molecule has 0 saturated carbocycles. The average Bonchev–Trinajstić information content (AvgIpc) is 2.92. The van der Waals surface area contributed by atoms with Crippen LogP contribution in [0.3, 0.4) is 0 Å². The number of hydrogen-bond donors (Lipinski definition) is 1. The van der Waals surface area contributed by atoms with Gasteiger partial charge in [0.05, 0.1) is 18.6 Å². The molecule has 1 N–H and O–H groups in total. The van der Waals surface area contributed by atoms with E-state index in [2.05, 4.69) is 10.1 Å². The number of aryl methyl sites for hydroxylation is 1. The van der Waals surface area contributed by atoms with E-state index in [-0.39, 0.29) is 11.4 Å². The number of rotatable bonds is 5. The smallest absolute Gasteiger partial charge is 0.373 e. The molecule has 0 amide bonds. The summed E-state index contributed by atoms with van der Waals surface area (Å²) >= 11 is 0. The summed E-state index contributed by atoms with van der Waals surface area (Å²) in [5.74, 6) is 0.160. The molecule has 1 heterocycles. The molecule has 0 unspecified atom stereocenters. The first-order valence-electron chi connectivity index (χ1n) is 6.17. The van der Waals surface area contributed by atoms with Gasteiger partial charge in [-0.05, 0) is 31.2 Å². The van der Waals surface area contributed by atoms with Crippen molar-refractivity contribution < 1.29 is 18.9 Å². The van der Waals surface area contributed by atoms with Crippen molar-refractivity contribution in [3.8, 4) is 0 Å². The van der Waals surface area contributed by atoms with Gasteiger partial charge in [0.1, 0.15) is 5.76 Å². The maximum Gasteiger partial charge on any atom is 0.373 e. The number of nitro groups is 1. The molecule has 0 saturated heterocycles. The Hall–Kier alpha value is -2.83. The number of benzene rings is 1. The molecule has 21 heavy (non-hydrogen) atoms. The van der Waals surface area contributed by atoms with E-state index in [0.29, 0.717) is 17.9 Å². The molecule has 0 atom stereocenters. The maximum atomic E-state index is 11.2. The van der Waals surface area contributed by atoms with Crippen molar-refractivity contribution in [3.05, 3.63) is 57.5 Å². The molecule has 0 aliphatic rings. The van der Waals surface area contributed by atoms with Crippen LogP contribution in [0.15, 0.2) is 34.7 Å². The largest absolute Gasteiger partial charge is 0.463 e. The van der Waals surface area contributed by atoms with Crippen LogP contribution >= 0.6 is 0 Å². The van der Waals surface area contributed by atoms with Gasteiger partial charge in [0, 0.05) is 17.3 Å². The minimum Gasteiger partial charge on any atom is -0.463 e. The Morgan fingerprint density at radius 2 is 2.14 bits per heavy atom. The first-order chi connectivity index (χ1) is 10.0. The molecule has 0 bridgehead atoms. The van der Waals surface area contributed by atoms with Gasteiger partial charge in [-0.1, -0.05) is 0 Å². The first kappa shape index (κ1) is 14.6. The second kappa shape index (κ2) is 6.08. The fourth-order valence-electron chi connectivity index (χ4n) is 1.84. The highest BCUT2D eigenvalue weighted by Crippen LogP contribution is 2.22. The van der Waals surface area contributed by atoms with Crippen LogP contribution in [0.1, 0.15) is 21.9 Å². The van der Waals surface area contributed by atoms with Gasteiger partial charge in [-0.2, -0.15) is 0 Å². The predicted molar refractivity (Wildman–Crippen MR) is 75.2 cm³/mol. The Morgan fingerprint density at radius 1 is 1.38 bits per heavy atom. The number of ether oxygens (including phenoxy) is 1. The molecular weight excluding hydrogens is 276 g/mol. The first-order valence-corrected chi connectivity index (χ1v) is 6.17. The van der Waals surface area contributed by atoms with E-state index in [4.69, 9.17) is 4.42 Å². The van der Waals surface area contributed by atoms with Gasteiger partial charge < -0.3 is 14.5 Å². The summed E-state index contributed by atoms with van der Waals surface area (Å²) in [6, 6.07) is 7.94. The molecular formula is C14H14N2O5. The molecule has 7 heteroatoms. The number of hydrogen-bond acceptors (Lipinski definition) is 6. The number of nitrogens with one attached hydrogen (secondary N) is 1. The number of furan rings is 1. The Labute approximate surface area is 120 Å². The minimum absolute atomic E-state index is 0.0755. The van der Waals surface area contributed by atoms with Gasteiger partial charge in [-0.3, -0.25) is 10.1 Å². The van der Waals surface area contributed by atoms with Gasteiger partial charge in [-0.25, -0.2) is 4.79 Å². The number of esters is 1. The van der Waals surface area contributed by atoms with Crippen LogP contribution < -0.4 is 5.32 Å². The van der Waals surface area contributed by atoms with Crippen molar-refractivity contribution in [3.63, 3.8) is 0 Å². The molecule has 0 spiro atoms. The highest BCUT2D eigenvalue weighted by molar-refractivity contribution is 5.86. The van der Waals surface area contributed by atoms with Crippen molar-refractivity contribution in [1.82, 2.24) is 0 Å². The fraction of sp³-hybridized carbons (Fsp3) is 0.214. The lowest BCUT2D eigenvalue weighted by molar-refractivity contribution is -0.385. The van der Waals surface area contributed by atoms with E-state index in [1.165, 1.54) is 19.2 Å². The average molecular weight is 290 g/mol. The van der Waals surface area contributed by atoms with Crippen LogP contribution in [0.25, 0.3) is 0 Å². The van der Waals surface area contributed by atoms with E-state index >= 15 is 0 Å². The van der Waals surface area contributed by atoms with Gasteiger partial charge in [0.15, 0.2) is 0 Å². The Balaban J connectivity index is 2.03. The van der Waals surface area contributed by atoms with Crippen LogP contribution in [0.5, 0.6) is 0 Å². The Morgan fingerprint density at radius 3 is 2.76 bits per heavy atom.